The molecule has 4 rings (SSSR count). The average molecular weight is 438 g/mol. The molecule has 8 nitrogen and oxygen atoms in total. The van der Waals surface area contributed by atoms with Crippen molar-refractivity contribution >= 4 is 22.6 Å². The number of methoxy groups -OCH3 is 3. The van der Waals surface area contributed by atoms with Gasteiger partial charge in [0, 0.05) is 24.6 Å². The van der Waals surface area contributed by atoms with E-state index >= 15 is 0 Å². The number of amides is 1. The van der Waals surface area contributed by atoms with E-state index in [1.54, 1.807) is 51.7 Å². The van der Waals surface area contributed by atoms with Crippen LogP contribution < -0.4 is 25.1 Å². The van der Waals surface area contributed by atoms with Crippen molar-refractivity contribution in [2.45, 2.75) is 18.9 Å². The summed E-state index contributed by atoms with van der Waals surface area (Å²) in [6, 6.07) is 12.5. The highest BCUT2D eigenvalue weighted by molar-refractivity contribution is 5.97. The number of benzene rings is 2. The zero-order chi connectivity index (χ0) is 22.5. The van der Waals surface area contributed by atoms with Gasteiger partial charge in [-0.15, -0.1) is 0 Å². The predicted molar refractivity (Wildman–Crippen MR) is 119 cm³/mol. The molecule has 1 amide bonds. The molecule has 1 fully saturated rings. The van der Waals surface area contributed by atoms with Gasteiger partial charge in [0.25, 0.3) is 5.91 Å². The Morgan fingerprint density at radius 1 is 1.09 bits per heavy atom. The molecule has 1 aliphatic rings. The SMILES string of the molecule is COc1ccc(N=c2oc3c(OC)cccc3cc2C(=O)NCC2CCCO2)c(OC)c1. The number of para-hydroxylation sites is 1. The van der Waals surface area contributed by atoms with Crippen molar-refractivity contribution in [3.63, 3.8) is 0 Å². The Labute approximate surface area is 185 Å². The van der Waals surface area contributed by atoms with Crippen molar-refractivity contribution < 1.29 is 28.2 Å². The van der Waals surface area contributed by atoms with Gasteiger partial charge in [0.15, 0.2) is 11.3 Å². The summed E-state index contributed by atoms with van der Waals surface area (Å²) in [7, 11) is 4.69. The molecule has 2 heterocycles. The summed E-state index contributed by atoms with van der Waals surface area (Å²) in [5, 5.41) is 3.67. The Hall–Kier alpha value is -3.52. The van der Waals surface area contributed by atoms with Gasteiger partial charge in [0.1, 0.15) is 22.7 Å². The van der Waals surface area contributed by atoms with Crippen molar-refractivity contribution in [2.75, 3.05) is 34.5 Å². The molecule has 1 N–H and O–H groups in total. The van der Waals surface area contributed by atoms with E-state index < -0.39 is 0 Å². The summed E-state index contributed by atoms with van der Waals surface area (Å²) in [6.45, 7) is 1.16. The van der Waals surface area contributed by atoms with Crippen molar-refractivity contribution in [3.05, 3.63) is 53.6 Å². The van der Waals surface area contributed by atoms with Crippen LogP contribution in [0.25, 0.3) is 11.0 Å². The molecule has 8 heteroatoms. The van der Waals surface area contributed by atoms with Crippen LogP contribution in [0.3, 0.4) is 0 Å². The molecule has 1 unspecified atom stereocenters. The number of carbonyl (C=O) groups excluding carboxylic acids is 1. The van der Waals surface area contributed by atoms with Gasteiger partial charge in [-0.05, 0) is 37.1 Å². The third-order valence-electron chi connectivity index (χ3n) is 5.33. The number of fused-ring (bicyclic) bond motifs is 1. The van der Waals surface area contributed by atoms with E-state index in [4.69, 9.17) is 23.4 Å². The summed E-state index contributed by atoms with van der Waals surface area (Å²) in [6.07, 6.45) is 1.96. The van der Waals surface area contributed by atoms with Crippen molar-refractivity contribution in [2.24, 2.45) is 4.99 Å². The highest BCUT2D eigenvalue weighted by Crippen LogP contribution is 2.31. The lowest BCUT2D eigenvalue weighted by Crippen LogP contribution is -2.34. The van der Waals surface area contributed by atoms with Gasteiger partial charge >= 0.3 is 0 Å². The number of hydrogen-bond acceptors (Lipinski definition) is 7. The van der Waals surface area contributed by atoms with E-state index in [1.807, 2.05) is 12.1 Å². The van der Waals surface area contributed by atoms with Crippen LogP contribution >= 0.6 is 0 Å². The zero-order valence-electron chi connectivity index (χ0n) is 18.3. The van der Waals surface area contributed by atoms with E-state index in [9.17, 15) is 4.79 Å². The van der Waals surface area contributed by atoms with Crippen molar-refractivity contribution in [3.8, 4) is 17.2 Å². The summed E-state index contributed by atoms with van der Waals surface area (Å²) in [5.41, 5.74) is 1.45. The first-order valence-electron chi connectivity index (χ1n) is 10.4. The number of hydrogen-bond donors (Lipinski definition) is 1. The standard InChI is InChI=1S/C24H26N2O6/c1-28-16-9-10-19(21(13-16)30-3)26-24-18(23(27)25-14-17-7-5-11-31-17)12-15-6-4-8-20(29-2)22(15)32-24/h4,6,8-10,12-13,17H,5,7,11,14H2,1-3H3,(H,25,27). The molecular formula is C24H26N2O6. The monoisotopic (exact) mass is 438 g/mol. The van der Waals surface area contributed by atoms with Gasteiger partial charge in [-0.3, -0.25) is 4.79 Å². The van der Waals surface area contributed by atoms with Crippen LogP contribution in [0.15, 0.2) is 51.9 Å². The predicted octanol–water partition coefficient (Wildman–Crippen LogP) is 3.60. The molecule has 0 aliphatic carbocycles. The minimum Gasteiger partial charge on any atom is -0.497 e. The largest absolute Gasteiger partial charge is 0.497 e. The highest BCUT2D eigenvalue weighted by atomic mass is 16.5. The lowest BCUT2D eigenvalue weighted by molar-refractivity contribution is 0.0854. The first-order valence-corrected chi connectivity index (χ1v) is 10.4. The maximum atomic E-state index is 13.1. The summed E-state index contributed by atoms with van der Waals surface area (Å²) < 4.78 is 27.8. The fourth-order valence-corrected chi connectivity index (χ4v) is 3.62. The lowest BCUT2D eigenvalue weighted by atomic mass is 10.1. The first kappa shape index (κ1) is 21.7. The van der Waals surface area contributed by atoms with E-state index in [0.717, 1.165) is 24.8 Å². The maximum Gasteiger partial charge on any atom is 0.256 e. The zero-order valence-corrected chi connectivity index (χ0v) is 18.3. The second-order valence-electron chi connectivity index (χ2n) is 7.34. The molecule has 0 saturated carbocycles. The van der Waals surface area contributed by atoms with Gasteiger partial charge in [-0.25, -0.2) is 4.99 Å². The quantitative estimate of drug-likeness (QED) is 0.606. The Morgan fingerprint density at radius 2 is 1.94 bits per heavy atom. The number of ether oxygens (including phenoxy) is 4. The maximum absolute atomic E-state index is 13.1. The topological polar surface area (TPSA) is 91.5 Å². The van der Waals surface area contributed by atoms with Gasteiger partial charge in [0.2, 0.25) is 5.55 Å². The van der Waals surface area contributed by atoms with E-state index in [1.165, 1.54) is 0 Å². The van der Waals surface area contributed by atoms with Gasteiger partial charge in [0.05, 0.1) is 27.4 Å². The molecule has 168 valence electrons. The highest BCUT2D eigenvalue weighted by Gasteiger charge is 2.19. The third-order valence-corrected chi connectivity index (χ3v) is 5.33. The van der Waals surface area contributed by atoms with Crippen LogP contribution in [-0.4, -0.2) is 46.5 Å². The fourth-order valence-electron chi connectivity index (χ4n) is 3.62. The Balaban J connectivity index is 1.82. The molecule has 2 aromatic carbocycles. The van der Waals surface area contributed by atoms with E-state index in [2.05, 4.69) is 10.3 Å². The summed E-state index contributed by atoms with van der Waals surface area (Å²) in [5.74, 6) is 1.38. The molecule has 3 aromatic rings. The van der Waals surface area contributed by atoms with Crippen molar-refractivity contribution in [1.29, 1.82) is 0 Å². The van der Waals surface area contributed by atoms with E-state index in [-0.39, 0.29) is 17.6 Å². The summed E-state index contributed by atoms with van der Waals surface area (Å²) in [4.78, 5) is 17.7. The average Bonchev–Trinajstić information content (AvgIpc) is 3.35. The molecule has 1 aliphatic heterocycles. The second kappa shape index (κ2) is 9.74. The number of rotatable bonds is 7. The van der Waals surface area contributed by atoms with Crippen molar-refractivity contribution in [1.82, 2.24) is 5.32 Å². The van der Waals surface area contributed by atoms with Gasteiger partial charge in [-0.2, -0.15) is 0 Å². The number of carbonyl (C=O) groups is 1. The van der Waals surface area contributed by atoms with Crippen LogP contribution in [0, 0.1) is 0 Å². The molecular weight excluding hydrogens is 412 g/mol. The van der Waals surface area contributed by atoms with Crippen LogP contribution in [-0.2, 0) is 4.74 Å². The third kappa shape index (κ3) is 4.55. The molecule has 0 bridgehead atoms. The molecule has 1 saturated heterocycles. The molecule has 1 aromatic heterocycles. The fraction of sp³-hybridized carbons (Fsp3) is 0.333. The van der Waals surface area contributed by atoms with Crippen LogP contribution in [0.5, 0.6) is 17.2 Å². The Kier molecular flexibility index (Phi) is 6.61. The number of nitrogens with one attached hydrogen (secondary N) is 1. The van der Waals surface area contributed by atoms with Crippen LogP contribution in [0.2, 0.25) is 0 Å². The minimum absolute atomic E-state index is 0.0264. The van der Waals surface area contributed by atoms with Crippen LogP contribution in [0.4, 0.5) is 5.69 Å². The molecule has 32 heavy (non-hydrogen) atoms. The van der Waals surface area contributed by atoms with E-state index in [0.29, 0.717) is 40.6 Å². The van der Waals surface area contributed by atoms with Crippen LogP contribution in [0.1, 0.15) is 23.2 Å². The van der Waals surface area contributed by atoms with Gasteiger partial charge < -0.3 is 28.7 Å². The minimum atomic E-state index is -0.291. The number of nitrogens with zero attached hydrogens (tertiary/aromatic N) is 1. The molecule has 0 spiro atoms. The second-order valence-corrected chi connectivity index (χ2v) is 7.34. The molecule has 1 atom stereocenters. The molecule has 0 radical (unpaired) electrons. The Morgan fingerprint density at radius 3 is 2.66 bits per heavy atom. The Bertz CT molecular complexity index is 1180. The summed E-state index contributed by atoms with van der Waals surface area (Å²) >= 11 is 0. The lowest BCUT2D eigenvalue weighted by Gasteiger charge is -2.12. The normalized spacial score (nSPS) is 16.2. The first-order chi connectivity index (χ1) is 15.6. The van der Waals surface area contributed by atoms with Gasteiger partial charge in [-0.1, -0.05) is 12.1 Å². The smallest absolute Gasteiger partial charge is 0.256 e.